The molecule has 0 aliphatic carbocycles. The van der Waals surface area contributed by atoms with Crippen molar-refractivity contribution in [2.75, 3.05) is 0 Å². The standard InChI is InChI=1S/C15H13BrFNOS/c1-9-5-6-10(15(18)20)7-13(9)19-8-11-3-2-4-12(17)14(11)16/h2-7H,8H2,1H3,(H2,18,20). The Balaban J connectivity index is 2.20. The quantitative estimate of drug-likeness (QED) is 0.840. The lowest BCUT2D eigenvalue weighted by molar-refractivity contribution is 0.302. The molecule has 0 spiro atoms. The van der Waals surface area contributed by atoms with E-state index in [9.17, 15) is 4.39 Å². The molecule has 20 heavy (non-hydrogen) atoms. The van der Waals surface area contributed by atoms with Crippen molar-refractivity contribution in [1.29, 1.82) is 0 Å². The average Bonchev–Trinajstić information content (AvgIpc) is 2.41. The summed E-state index contributed by atoms with van der Waals surface area (Å²) in [5.41, 5.74) is 8.06. The summed E-state index contributed by atoms with van der Waals surface area (Å²) in [4.78, 5) is 0.321. The van der Waals surface area contributed by atoms with Crippen LogP contribution in [-0.4, -0.2) is 4.99 Å². The second-order valence-electron chi connectivity index (χ2n) is 4.35. The molecule has 0 radical (unpaired) electrons. The van der Waals surface area contributed by atoms with Crippen molar-refractivity contribution in [3.63, 3.8) is 0 Å². The Hall–Kier alpha value is -1.46. The van der Waals surface area contributed by atoms with Gasteiger partial charge in [-0.2, -0.15) is 0 Å². The van der Waals surface area contributed by atoms with E-state index in [2.05, 4.69) is 15.9 Å². The maximum absolute atomic E-state index is 13.4. The molecule has 0 aromatic heterocycles. The van der Waals surface area contributed by atoms with Gasteiger partial charge in [-0.3, -0.25) is 0 Å². The van der Waals surface area contributed by atoms with Crippen LogP contribution in [0.15, 0.2) is 40.9 Å². The van der Waals surface area contributed by atoms with Crippen molar-refractivity contribution in [3.05, 3.63) is 63.4 Å². The topological polar surface area (TPSA) is 35.2 Å². The van der Waals surface area contributed by atoms with Crippen molar-refractivity contribution in [2.24, 2.45) is 5.73 Å². The van der Waals surface area contributed by atoms with Crippen LogP contribution in [0.25, 0.3) is 0 Å². The lowest BCUT2D eigenvalue weighted by Crippen LogP contribution is -2.09. The molecule has 0 saturated carbocycles. The number of hydrogen-bond donors (Lipinski definition) is 1. The maximum atomic E-state index is 13.4. The molecule has 2 rings (SSSR count). The zero-order valence-electron chi connectivity index (χ0n) is 10.8. The fraction of sp³-hybridized carbons (Fsp3) is 0.133. The lowest BCUT2D eigenvalue weighted by atomic mass is 10.1. The Morgan fingerprint density at radius 1 is 1.35 bits per heavy atom. The number of thiocarbonyl (C=S) groups is 1. The number of rotatable bonds is 4. The number of benzene rings is 2. The molecule has 0 aliphatic rings. The predicted molar refractivity (Wildman–Crippen MR) is 85.5 cm³/mol. The van der Waals surface area contributed by atoms with Gasteiger partial charge in [0.05, 0.1) is 4.47 Å². The molecule has 5 heteroatoms. The van der Waals surface area contributed by atoms with Crippen LogP contribution in [0.1, 0.15) is 16.7 Å². The monoisotopic (exact) mass is 353 g/mol. The van der Waals surface area contributed by atoms with Gasteiger partial charge in [-0.15, -0.1) is 0 Å². The molecule has 104 valence electrons. The summed E-state index contributed by atoms with van der Waals surface area (Å²) in [6, 6.07) is 10.4. The van der Waals surface area contributed by atoms with E-state index < -0.39 is 0 Å². The van der Waals surface area contributed by atoms with Crippen LogP contribution in [-0.2, 0) is 6.61 Å². The summed E-state index contributed by atoms with van der Waals surface area (Å²) < 4.78 is 19.6. The normalized spacial score (nSPS) is 10.3. The summed E-state index contributed by atoms with van der Waals surface area (Å²) in [7, 11) is 0. The van der Waals surface area contributed by atoms with Crippen molar-refractivity contribution in [2.45, 2.75) is 13.5 Å². The molecule has 0 aliphatic heterocycles. The summed E-state index contributed by atoms with van der Waals surface area (Å²) in [5.74, 6) is 0.381. The van der Waals surface area contributed by atoms with Crippen LogP contribution in [0, 0.1) is 12.7 Å². The molecule has 2 aromatic carbocycles. The van der Waals surface area contributed by atoms with E-state index >= 15 is 0 Å². The number of nitrogens with two attached hydrogens (primary N) is 1. The molecule has 2 aromatic rings. The molecule has 2 nitrogen and oxygen atoms in total. The van der Waals surface area contributed by atoms with Gasteiger partial charge in [-0.05, 0) is 40.5 Å². The van der Waals surface area contributed by atoms with E-state index in [1.54, 1.807) is 18.2 Å². The molecular weight excluding hydrogens is 341 g/mol. The summed E-state index contributed by atoms with van der Waals surface area (Å²) in [6.07, 6.45) is 0. The fourth-order valence-corrected chi connectivity index (χ4v) is 2.23. The van der Waals surface area contributed by atoms with Gasteiger partial charge >= 0.3 is 0 Å². The zero-order valence-corrected chi connectivity index (χ0v) is 13.2. The van der Waals surface area contributed by atoms with E-state index in [1.807, 2.05) is 19.1 Å². The highest BCUT2D eigenvalue weighted by Gasteiger charge is 2.08. The number of ether oxygens (including phenoxy) is 1. The molecular formula is C15H13BrFNOS. The first-order chi connectivity index (χ1) is 9.49. The van der Waals surface area contributed by atoms with Crippen molar-refractivity contribution in [1.82, 2.24) is 0 Å². The Labute approximate surface area is 130 Å². The third kappa shape index (κ3) is 3.35. The van der Waals surface area contributed by atoms with Crippen LogP contribution in [0.4, 0.5) is 4.39 Å². The van der Waals surface area contributed by atoms with E-state index in [1.165, 1.54) is 6.07 Å². The van der Waals surface area contributed by atoms with Crippen LogP contribution in [0.5, 0.6) is 5.75 Å². The third-order valence-electron chi connectivity index (χ3n) is 2.89. The second-order valence-corrected chi connectivity index (χ2v) is 5.58. The van der Waals surface area contributed by atoms with Gasteiger partial charge in [0.2, 0.25) is 0 Å². The highest BCUT2D eigenvalue weighted by molar-refractivity contribution is 9.10. The number of hydrogen-bond acceptors (Lipinski definition) is 2. The Kier molecular flexibility index (Phi) is 4.73. The van der Waals surface area contributed by atoms with E-state index in [0.717, 1.165) is 16.7 Å². The first kappa shape index (κ1) is 14.9. The second kappa shape index (κ2) is 6.33. The zero-order chi connectivity index (χ0) is 14.7. The minimum atomic E-state index is -0.306. The average molecular weight is 354 g/mol. The highest BCUT2D eigenvalue weighted by Crippen LogP contribution is 2.24. The van der Waals surface area contributed by atoms with Crippen LogP contribution in [0.2, 0.25) is 0 Å². The van der Waals surface area contributed by atoms with E-state index in [-0.39, 0.29) is 12.4 Å². The summed E-state index contributed by atoms with van der Waals surface area (Å²) in [5, 5.41) is 0. The van der Waals surface area contributed by atoms with Crippen molar-refractivity contribution >= 4 is 33.1 Å². The minimum absolute atomic E-state index is 0.264. The van der Waals surface area contributed by atoms with Crippen molar-refractivity contribution < 1.29 is 9.13 Å². The van der Waals surface area contributed by atoms with E-state index in [0.29, 0.717) is 15.2 Å². The first-order valence-corrected chi connectivity index (χ1v) is 7.15. The minimum Gasteiger partial charge on any atom is -0.489 e. The molecule has 0 amide bonds. The summed E-state index contributed by atoms with van der Waals surface area (Å²) in [6.45, 7) is 2.19. The molecule has 0 saturated heterocycles. The smallest absolute Gasteiger partial charge is 0.137 e. The number of aryl methyl sites for hydroxylation is 1. The SMILES string of the molecule is Cc1ccc(C(N)=S)cc1OCc1cccc(F)c1Br. The summed E-state index contributed by atoms with van der Waals surface area (Å²) >= 11 is 8.16. The van der Waals surface area contributed by atoms with Crippen LogP contribution in [0.3, 0.4) is 0 Å². The first-order valence-electron chi connectivity index (χ1n) is 5.95. The van der Waals surface area contributed by atoms with Crippen LogP contribution < -0.4 is 10.5 Å². The van der Waals surface area contributed by atoms with Gasteiger partial charge in [-0.25, -0.2) is 4.39 Å². The van der Waals surface area contributed by atoms with Gasteiger partial charge in [0.25, 0.3) is 0 Å². The molecule has 0 fully saturated rings. The van der Waals surface area contributed by atoms with Crippen LogP contribution >= 0.6 is 28.1 Å². The van der Waals surface area contributed by atoms with Gasteiger partial charge in [-0.1, -0.05) is 36.5 Å². The van der Waals surface area contributed by atoms with Gasteiger partial charge in [0.1, 0.15) is 23.2 Å². The predicted octanol–water partition coefficient (Wildman–Crippen LogP) is 4.11. The highest BCUT2D eigenvalue weighted by atomic mass is 79.9. The molecule has 2 N–H and O–H groups in total. The van der Waals surface area contributed by atoms with Gasteiger partial charge in [0, 0.05) is 11.1 Å². The molecule has 0 heterocycles. The largest absolute Gasteiger partial charge is 0.489 e. The van der Waals surface area contributed by atoms with E-state index in [4.69, 9.17) is 22.7 Å². The fourth-order valence-electron chi connectivity index (χ4n) is 1.72. The Bertz CT molecular complexity index is 660. The Morgan fingerprint density at radius 3 is 2.80 bits per heavy atom. The van der Waals surface area contributed by atoms with Gasteiger partial charge < -0.3 is 10.5 Å². The molecule has 0 bridgehead atoms. The lowest BCUT2D eigenvalue weighted by Gasteiger charge is -2.12. The van der Waals surface area contributed by atoms with Gasteiger partial charge in [0.15, 0.2) is 0 Å². The maximum Gasteiger partial charge on any atom is 0.137 e. The molecule has 0 atom stereocenters. The van der Waals surface area contributed by atoms with Crippen molar-refractivity contribution in [3.8, 4) is 5.75 Å². The third-order valence-corrected chi connectivity index (χ3v) is 4.01. The Morgan fingerprint density at radius 2 is 2.10 bits per heavy atom. The number of halogens is 2. The molecule has 0 unspecified atom stereocenters.